The molecule has 0 fully saturated rings. The average Bonchev–Trinajstić information content (AvgIpc) is 2.53. The van der Waals surface area contributed by atoms with E-state index in [2.05, 4.69) is 9.73 Å². The first kappa shape index (κ1) is 21.2. The SMILES string of the molecule is Oc1c(Cl)cc(Cl)cc1C=Nc1cc(C(F)(F)F)ccc1OCC(F)(F)F. The van der Waals surface area contributed by atoms with Gasteiger partial charge in [0.05, 0.1) is 10.6 Å². The Bertz CT molecular complexity index is 865. The van der Waals surface area contributed by atoms with Crippen molar-refractivity contribution >= 4 is 35.1 Å². The highest BCUT2D eigenvalue weighted by molar-refractivity contribution is 6.36. The van der Waals surface area contributed by atoms with E-state index in [4.69, 9.17) is 23.2 Å². The van der Waals surface area contributed by atoms with Gasteiger partial charge in [0.15, 0.2) is 6.61 Å². The Morgan fingerprint density at radius 1 is 1.04 bits per heavy atom. The second-order valence-corrected chi connectivity index (χ2v) is 6.01. The molecule has 0 aliphatic heterocycles. The fourth-order valence-electron chi connectivity index (χ4n) is 1.90. The highest BCUT2D eigenvalue weighted by atomic mass is 35.5. The molecule has 0 heterocycles. The van der Waals surface area contributed by atoms with Crippen molar-refractivity contribution in [3.8, 4) is 11.5 Å². The van der Waals surface area contributed by atoms with E-state index in [1.807, 2.05) is 0 Å². The van der Waals surface area contributed by atoms with Crippen molar-refractivity contribution in [2.24, 2.45) is 4.99 Å². The van der Waals surface area contributed by atoms with E-state index >= 15 is 0 Å². The molecule has 0 saturated carbocycles. The zero-order valence-corrected chi connectivity index (χ0v) is 14.5. The topological polar surface area (TPSA) is 41.8 Å². The molecule has 2 aromatic carbocycles. The first-order valence-electron chi connectivity index (χ1n) is 7.00. The number of phenolic OH excluding ortho intramolecular Hbond substituents is 1. The number of aliphatic imine (C=N–C) groups is 1. The molecule has 27 heavy (non-hydrogen) atoms. The number of benzene rings is 2. The maximum atomic E-state index is 12.9. The molecule has 0 spiro atoms. The zero-order chi connectivity index (χ0) is 20.4. The predicted octanol–water partition coefficient (Wildman–Crippen LogP) is 6.41. The van der Waals surface area contributed by atoms with Gasteiger partial charge in [-0.3, -0.25) is 4.99 Å². The van der Waals surface area contributed by atoms with Crippen LogP contribution in [0.1, 0.15) is 11.1 Å². The lowest BCUT2D eigenvalue weighted by Crippen LogP contribution is -2.19. The van der Waals surface area contributed by atoms with E-state index in [1.54, 1.807) is 0 Å². The number of alkyl halides is 6. The van der Waals surface area contributed by atoms with Crippen LogP contribution in [0, 0.1) is 0 Å². The van der Waals surface area contributed by atoms with Crippen molar-refractivity contribution < 1.29 is 36.2 Å². The molecule has 2 aromatic rings. The van der Waals surface area contributed by atoms with Gasteiger partial charge < -0.3 is 9.84 Å². The first-order valence-corrected chi connectivity index (χ1v) is 7.75. The second-order valence-electron chi connectivity index (χ2n) is 5.17. The van der Waals surface area contributed by atoms with Gasteiger partial charge in [0.1, 0.15) is 17.2 Å². The van der Waals surface area contributed by atoms with E-state index in [-0.39, 0.29) is 15.6 Å². The van der Waals surface area contributed by atoms with E-state index in [0.717, 1.165) is 12.3 Å². The largest absolute Gasteiger partial charge is 0.506 e. The summed E-state index contributed by atoms with van der Waals surface area (Å²) >= 11 is 11.5. The van der Waals surface area contributed by atoms with Crippen molar-refractivity contribution in [3.63, 3.8) is 0 Å². The predicted molar refractivity (Wildman–Crippen MR) is 88.4 cm³/mol. The lowest BCUT2D eigenvalue weighted by Gasteiger charge is -2.13. The Kier molecular flexibility index (Phi) is 6.16. The highest BCUT2D eigenvalue weighted by Gasteiger charge is 2.32. The van der Waals surface area contributed by atoms with Crippen LogP contribution in [0.3, 0.4) is 0 Å². The second kappa shape index (κ2) is 7.85. The summed E-state index contributed by atoms with van der Waals surface area (Å²) in [6.45, 7) is -1.71. The van der Waals surface area contributed by atoms with Crippen LogP contribution in [-0.2, 0) is 6.18 Å². The van der Waals surface area contributed by atoms with Crippen molar-refractivity contribution in [2.75, 3.05) is 6.61 Å². The fourth-order valence-corrected chi connectivity index (χ4v) is 2.41. The maximum Gasteiger partial charge on any atom is 0.422 e. The Balaban J connectivity index is 2.45. The smallest absolute Gasteiger partial charge is 0.422 e. The van der Waals surface area contributed by atoms with E-state index < -0.39 is 41.7 Å². The van der Waals surface area contributed by atoms with Crippen LogP contribution >= 0.6 is 23.2 Å². The molecule has 2 rings (SSSR count). The molecule has 0 radical (unpaired) electrons. The van der Waals surface area contributed by atoms with E-state index in [0.29, 0.717) is 12.1 Å². The Morgan fingerprint density at radius 2 is 1.70 bits per heavy atom. The molecule has 0 unspecified atom stereocenters. The molecule has 0 aliphatic carbocycles. The zero-order valence-electron chi connectivity index (χ0n) is 13.0. The number of aromatic hydroxyl groups is 1. The van der Waals surface area contributed by atoms with Crippen LogP contribution in [0.2, 0.25) is 10.0 Å². The van der Waals surface area contributed by atoms with Crippen LogP contribution in [0.4, 0.5) is 32.0 Å². The van der Waals surface area contributed by atoms with Gasteiger partial charge >= 0.3 is 12.4 Å². The summed E-state index contributed by atoms with van der Waals surface area (Å²) in [5.74, 6) is -0.973. The van der Waals surface area contributed by atoms with E-state index in [9.17, 15) is 31.4 Å². The summed E-state index contributed by atoms with van der Waals surface area (Å²) in [5.41, 5.74) is -1.71. The van der Waals surface area contributed by atoms with Gasteiger partial charge in [-0.05, 0) is 30.3 Å². The van der Waals surface area contributed by atoms with Crippen molar-refractivity contribution in [2.45, 2.75) is 12.4 Å². The number of hydrogen-bond donors (Lipinski definition) is 1. The molecule has 0 bridgehead atoms. The van der Waals surface area contributed by atoms with Crippen LogP contribution < -0.4 is 4.74 Å². The molecule has 0 saturated heterocycles. The minimum Gasteiger partial charge on any atom is -0.506 e. The molecule has 11 heteroatoms. The van der Waals surface area contributed by atoms with Crippen LogP contribution in [-0.4, -0.2) is 24.1 Å². The van der Waals surface area contributed by atoms with Crippen molar-refractivity contribution in [1.82, 2.24) is 0 Å². The third-order valence-electron chi connectivity index (χ3n) is 3.08. The number of phenols is 1. The van der Waals surface area contributed by atoms with Crippen LogP contribution in [0.5, 0.6) is 11.5 Å². The van der Waals surface area contributed by atoms with Crippen LogP contribution in [0.25, 0.3) is 0 Å². The molecule has 146 valence electrons. The third kappa shape index (κ3) is 5.93. The van der Waals surface area contributed by atoms with Gasteiger partial charge in [-0.25, -0.2) is 0 Å². The van der Waals surface area contributed by atoms with Gasteiger partial charge in [0.25, 0.3) is 0 Å². The minimum atomic E-state index is -4.74. The third-order valence-corrected chi connectivity index (χ3v) is 3.58. The van der Waals surface area contributed by atoms with Gasteiger partial charge in [-0.1, -0.05) is 23.2 Å². The quantitative estimate of drug-likeness (QED) is 0.448. The summed E-state index contributed by atoms with van der Waals surface area (Å²) < 4.78 is 80.1. The average molecular weight is 432 g/mol. The van der Waals surface area contributed by atoms with Crippen molar-refractivity contribution in [1.29, 1.82) is 0 Å². The Morgan fingerprint density at radius 3 is 2.30 bits per heavy atom. The Labute approximate surface area is 158 Å². The minimum absolute atomic E-state index is 0.0494. The fraction of sp³-hybridized carbons (Fsp3) is 0.188. The Hall–Kier alpha value is -2.13. The monoisotopic (exact) mass is 431 g/mol. The lowest BCUT2D eigenvalue weighted by atomic mass is 10.1. The summed E-state index contributed by atoms with van der Waals surface area (Å²) in [6.07, 6.45) is -8.53. The maximum absolute atomic E-state index is 12.9. The number of halogens is 8. The van der Waals surface area contributed by atoms with Gasteiger partial charge in [-0.2, -0.15) is 26.3 Å². The molecule has 0 aliphatic rings. The molecular weight excluding hydrogens is 423 g/mol. The molecule has 3 nitrogen and oxygen atoms in total. The summed E-state index contributed by atoms with van der Waals surface area (Å²) in [6, 6.07) is 4.25. The van der Waals surface area contributed by atoms with Gasteiger partial charge in [0, 0.05) is 16.8 Å². The first-order chi connectivity index (χ1) is 12.4. The standard InChI is InChI=1S/C16H9Cl2F6NO2/c17-10-3-8(14(26)11(18)5-10)6-25-12-4-9(16(22,23)24)1-2-13(12)27-7-15(19,20)21/h1-6,26H,7H2. The molecular formula is C16H9Cl2F6NO2. The summed E-state index contributed by atoms with van der Waals surface area (Å²) in [4.78, 5) is 3.70. The van der Waals surface area contributed by atoms with Gasteiger partial charge in [0.2, 0.25) is 0 Å². The molecule has 0 amide bonds. The molecule has 1 N–H and O–H groups in total. The molecule has 0 aromatic heterocycles. The molecule has 0 atom stereocenters. The van der Waals surface area contributed by atoms with E-state index in [1.165, 1.54) is 12.1 Å². The number of hydrogen-bond acceptors (Lipinski definition) is 3. The summed E-state index contributed by atoms with van der Waals surface area (Å²) in [5, 5.41) is 9.79. The summed E-state index contributed by atoms with van der Waals surface area (Å²) in [7, 11) is 0. The number of rotatable bonds is 4. The normalized spacial score (nSPS) is 12.6. The number of ether oxygens (including phenoxy) is 1. The highest BCUT2D eigenvalue weighted by Crippen LogP contribution is 2.37. The van der Waals surface area contributed by atoms with Crippen LogP contribution in [0.15, 0.2) is 35.3 Å². The lowest BCUT2D eigenvalue weighted by molar-refractivity contribution is -0.153. The van der Waals surface area contributed by atoms with Crippen molar-refractivity contribution in [3.05, 3.63) is 51.5 Å². The van der Waals surface area contributed by atoms with Gasteiger partial charge in [-0.15, -0.1) is 0 Å². The number of nitrogens with zero attached hydrogens (tertiary/aromatic N) is 1.